The van der Waals surface area contributed by atoms with E-state index in [4.69, 9.17) is 9.72 Å². The van der Waals surface area contributed by atoms with Crippen LogP contribution in [0.15, 0.2) is 29.6 Å². The number of nitrogens with one attached hydrogen (secondary N) is 2. The number of rotatable bonds is 24. The first-order chi connectivity index (χ1) is 26.9. The van der Waals surface area contributed by atoms with E-state index in [1.54, 1.807) is 31.4 Å². The van der Waals surface area contributed by atoms with Crippen molar-refractivity contribution in [2.45, 2.75) is 156 Å². The average molecular weight is 816 g/mol. The Kier molecular flexibility index (Phi) is 19.6. The Labute approximate surface area is 344 Å². The van der Waals surface area contributed by atoms with E-state index < -0.39 is 35.4 Å². The van der Waals surface area contributed by atoms with Crippen LogP contribution < -0.4 is 10.6 Å². The second-order valence-electron chi connectivity index (χ2n) is 17.2. The predicted octanol–water partition coefficient (Wildman–Crippen LogP) is 8.04. The topological polar surface area (TPSA) is 141 Å². The van der Waals surface area contributed by atoms with Gasteiger partial charge in [-0.15, -0.1) is 11.3 Å². The molecule has 1 aliphatic rings. The molecule has 0 unspecified atom stereocenters. The number of ether oxygens (including phenoxy) is 1. The minimum absolute atomic E-state index is 0.0312. The number of halogens is 1. The number of likely N-dealkylation sites (N-methyl/N-ethyl adjacent to an activating group) is 1. The average Bonchev–Trinajstić information content (AvgIpc) is 3.65. The minimum Gasteiger partial charge on any atom is -0.481 e. The van der Waals surface area contributed by atoms with Crippen LogP contribution in [-0.4, -0.2) is 94.5 Å². The van der Waals surface area contributed by atoms with Gasteiger partial charge in [-0.25, -0.2) is 9.37 Å². The first-order valence-electron chi connectivity index (χ1n) is 21.1. The van der Waals surface area contributed by atoms with Gasteiger partial charge in [0.25, 0.3) is 5.91 Å². The molecule has 11 nitrogen and oxygen atoms in total. The lowest BCUT2D eigenvalue weighted by molar-refractivity contribution is -0.148. The number of unbranched alkanes of at least 4 members (excludes halogenated alkanes) is 3. The molecule has 1 saturated heterocycles. The van der Waals surface area contributed by atoms with E-state index in [2.05, 4.69) is 55.1 Å². The fraction of sp³-hybridized carbons (Fsp3) is 0.705. The molecule has 0 radical (unpaired) electrons. The zero-order valence-electron chi connectivity index (χ0n) is 35.9. The third kappa shape index (κ3) is 15.4. The van der Waals surface area contributed by atoms with E-state index in [1.165, 1.54) is 30.4 Å². The molecule has 0 aliphatic carbocycles. The second-order valence-corrected chi connectivity index (χ2v) is 18.0. The number of benzene rings is 1. The molecule has 1 aliphatic heterocycles. The number of piperidine rings is 1. The Hall–Kier alpha value is -3.42. The lowest BCUT2D eigenvalue weighted by Crippen LogP contribution is -2.56. The third-order valence-corrected chi connectivity index (χ3v) is 12.5. The van der Waals surface area contributed by atoms with Crippen LogP contribution in [0, 0.1) is 23.1 Å². The van der Waals surface area contributed by atoms with Crippen LogP contribution in [0.1, 0.15) is 147 Å². The fourth-order valence-electron chi connectivity index (χ4n) is 7.77. The van der Waals surface area contributed by atoms with E-state index >= 15 is 0 Å². The molecule has 3 N–H and O–H groups in total. The zero-order valence-corrected chi connectivity index (χ0v) is 36.8. The highest BCUT2D eigenvalue weighted by atomic mass is 32.1. The summed E-state index contributed by atoms with van der Waals surface area (Å²) in [6.45, 7) is 17.9. The summed E-state index contributed by atoms with van der Waals surface area (Å²) in [5, 5.41) is 18.4. The number of carbonyl (C=O) groups excluding carboxylic acids is 3. The minimum atomic E-state index is -1.14. The number of carboxylic acids is 1. The van der Waals surface area contributed by atoms with Crippen LogP contribution in [0.3, 0.4) is 0 Å². The number of thiazole rings is 1. The van der Waals surface area contributed by atoms with Gasteiger partial charge in [-0.2, -0.15) is 0 Å². The number of amides is 2. The van der Waals surface area contributed by atoms with Gasteiger partial charge in [-0.1, -0.05) is 78.9 Å². The van der Waals surface area contributed by atoms with Gasteiger partial charge in [0, 0.05) is 43.4 Å². The summed E-state index contributed by atoms with van der Waals surface area (Å²) in [7, 11) is 2.03. The lowest BCUT2D eigenvalue weighted by Gasteiger charge is -2.40. The van der Waals surface area contributed by atoms with Gasteiger partial charge < -0.3 is 20.5 Å². The van der Waals surface area contributed by atoms with Gasteiger partial charge in [0.05, 0.1) is 11.5 Å². The molecule has 0 bridgehead atoms. The van der Waals surface area contributed by atoms with E-state index in [0.29, 0.717) is 24.4 Å². The van der Waals surface area contributed by atoms with Crippen molar-refractivity contribution in [2.24, 2.45) is 17.3 Å². The molecule has 13 heteroatoms. The van der Waals surface area contributed by atoms with Crippen molar-refractivity contribution in [1.29, 1.82) is 0 Å². The van der Waals surface area contributed by atoms with Crippen LogP contribution in [0.2, 0.25) is 0 Å². The number of hydrogen-bond acceptors (Lipinski definition) is 9. The SMILES string of the molecule is CCCCCCN(C[C@@H](NC(=O)[C@H]1CCCCN1C)[C@@H](C)CC)[C@H](C[C@@H](OC(C)=O)c1nc(C(=O)N[C@@H](Cc2ccc(F)cc2)CC(C)(C)C(=O)O)cs1)C(C)C. The Bertz CT molecular complexity index is 1570. The summed E-state index contributed by atoms with van der Waals surface area (Å²) in [4.78, 5) is 61.5. The van der Waals surface area contributed by atoms with Crippen molar-refractivity contribution in [2.75, 3.05) is 26.7 Å². The summed E-state index contributed by atoms with van der Waals surface area (Å²) in [5.41, 5.74) is -0.232. The molecule has 57 heavy (non-hydrogen) atoms. The number of esters is 1. The molecule has 320 valence electrons. The van der Waals surface area contributed by atoms with Crippen LogP contribution in [0.4, 0.5) is 4.39 Å². The molecule has 2 amide bonds. The van der Waals surface area contributed by atoms with Gasteiger partial charge in [-0.05, 0) is 95.6 Å². The predicted molar refractivity (Wildman–Crippen MR) is 225 cm³/mol. The Balaban J connectivity index is 1.89. The highest BCUT2D eigenvalue weighted by molar-refractivity contribution is 7.09. The molecule has 6 atom stereocenters. The number of carbonyl (C=O) groups is 4. The second kappa shape index (κ2) is 23.2. The molecular formula is C44H70FN5O6S. The van der Waals surface area contributed by atoms with E-state index in [-0.39, 0.29) is 53.8 Å². The molecule has 2 aromatic rings. The van der Waals surface area contributed by atoms with Gasteiger partial charge in [0.2, 0.25) is 5.91 Å². The smallest absolute Gasteiger partial charge is 0.309 e. The summed E-state index contributed by atoms with van der Waals surface area (Å²) in [6, 6.07) is 5.12. The van der Waals surface area contributed by atoms with Crippen molar-refractivity contribution >= 4 is 35.1 Å². The van der Waals surface area contributed by atoms with Crippen molar-refractivity contribution in [3.8, 4) is 0 Å². The van der Waals surface area contributed by atoms with E-state index in [1.807, 2.05) is 7.05 Å². The lowest BCUT2D eigenvalue weighted by atomic mass is 9.84. The van der Waals surface area contributed by atoms with Crippen molar-refractivity contribution < 1.29 is 33.4 Å². The molecule has 1 aromatic heterocycles. The van der Waals surface area contributed by atoms with Crippen molar-refractivity contribution in [3.05, 3.63) is 51.7 Å². The van der Waals surface area contributed by atoms with Crippen LogP contribution in [-0.2, 0) is 25.5 Å². The first-order valence-corrected chi connectivity index (χ1v) is 22.0. The maximum atomic E-state index is 13.7. The maximum absolute atomic E-state index is 13.7. The molecule has 2 heterocycles. The summed E-state index contributed by atoms with van der Waals surface area (Å²) in [5.74, 6) is -1.80. The quantitative estimate of drug-likeness (QED) is 0.0710. The Morgan fingerprint density at radius 1 is 1.07 bits per heavy atom. The fourth-order valence-corrected chi connectivity index (χ4v) is 8.61. The number of aliphatic carboxylic acids is 1. The van der Waals surface area contributed by atoms with Crippen molar-refractivity contribution in [3.63, 3.8) is 0 Å². The highest BCUT2D eigenvalue weighted by Crippen LogP contribution is 2.32. The van der Waals surface area contributed by atoms with Gasteiger partial charge in [0.15, 0.2) is 6.10 Å². The number of aromatic nitrogens is 1. The Morgan fingerprint density at radius 2 is 1.77 bits per heavy atom. The molecular weight excluding hydrogens is 746 g/mol. The van der Waals surface area contributed by atoms with Crippen LogP contribution in [0.25, 0.3) is 0 Å². The van der Waals surface area contributed by atoms with Crippen molar-refractivity contribution in [1.82, 2.24) is 25.4 Å². The standard InChI is InChI=1S/C44H70FN5O6S/c1-10-12-13-15-23-50(27-35(30(5)11-2)47-41(53)37-17-14-16-22-49(37)9)38(29(3)4)25-39(56-31(6)51)42-48-36(28-57-42)40(52)46-34(26-44(7,8)43(54)55)24-32-18-20-33(45)21-19-32/h18-21,28-30,34-35,37-39H,10-17,22-27H2,1-9H3,(H,46,52)(H,47,53)(H,54,55)/t30-,34-,35+,37+,38+,39+/m0/s1. The Morgan fingerprint density at radius 3 is 2.37 bits per heavy atom. The van der Waals surface area contributed by atoms with E-state index in [9.17, 15) is 28.7 Å². The monoisotopic (exact) mass is 816 g/mol. The number of carboxylic acid groups (broad SMARTS) is 1. The normalized spacial score (nSPS) is 17.8. The van der Waals surface area contributed by atoms with Gasteiger partial charge in [-0.3, -0.25) is 29.0 Å². The molecule has 1 aromatic carbocycles. The van der Waals surface area contributed by atoms with Gasteiger partial charge in [0.1, 0.15) is 16.5 Å². The molecule has 3 rings (SSSR count). The summed E-state index contributed by atoms with van der Waals surface area (Å²) < 4.78 is 19.6. The van der Waals surface area contributed by atoms with E-state index in [0.717, 1.165) is 70.0 Å². The number of nitrogens with zero attached hydrogens (tertiary/aromatic N) is 3. The third-order valence-electron chi connectivity index (χ3n) is 11.6. The largest absolute Gasteiger partial charge is 0.481 e. The first kappa shape index (κ1) is 48.0. The maximum Gasteiger partial charge on any atom is 0.309 e. The molecule has 0 spiro atoms. The van der Waals surface area contributed by atoms with Crippen LogP contribution in [0.5, 0.6) is 0 Å². The van der Waals surface area contributed by atoms with Crippen LogP contribution >= 0.6 is 11.3 Å². The summed E-state index contributed by atoms with van der Waals surface area (Å²) in [6.07, 6.45) is 8.45. The summed E-state index contributed by atoms with van der Waals surface area (Å²) >= 11 is 1.25. The zero-order chi connectivity index (χ0) is 42.3. The number of likely N-dealkylation sites (tertiary alicyclic amines) is 1. The number of hydrogen-bond donors (Lipinski definition) is 3. The molecule has 0 saturated carbocycles. The highest BCUT2D eigenvalue weighted by Gasteiger charge is 2.35. The molecule has 1 fully saturated rings. The van der Waals surface area contributed by atoms with Gasteiger partial charge >= 0.3 is 11.9 Å².